The second kappa shape index (κ2) is 7.59. The molecule has 0 aromatic carbocycles. The van der Waals surface area contributed by atoms with Crippen molar-refractivity contribution in [2.45, 2.75) is 58.8 Å². The van der Waals surface area contributed by atoms with Gasteiger partial charge in [0.2, 0.25) is 5.91 Å². The topological polar surface area (TPSA) is 29.1 Å². The van der Waals surface area contributed by atoms with E-state index < -0.39 is 0 Å². The van der Waals surface area contributed by atoms with Crippen LogP contribution in [0.2, 0.25) is 0 Å². The molecule has 1 N–H and O–H groups in total. The summed E-state index contributed by atoms with van der Waals surface area (Å²) in [5.41, 5.74) is -0.0293. The van der Waals surface area contributed by atoms with Gasteiger partial charge in [-0.15, -0.1) is 0 Å². The lowest BCUT2D eigenvalue weighted by Gasteiger charge is -2.29. The molecule has 0 heterocycles. The molecule has 0 aliphatic heterocycles. The predicted molar refractivity (Wildman–Crippen MR) is 81.5 cm³/mol. The maximum atomic E-state index is 12.4. The SMILES string of the molecule is CC(C)CC1(C(=O)NCCCCI)CCCC1. The molecule has 100 valence electrons. The van der Waals surface area contributed by atoms with E-state index in [0.717, 1.165) is 32.2 Å². The monoisotopic (exact) mass is 351 g/mol. The van der Waals surface area contributed by atoms with Gasteiger partial charge in [-0.2, -0.15) is 0 Å². The van der Waals surface area contributed by atoms with Crippen LogP contribution in [0.4, 0.5) is 0 Å². The number of hydrogen-bond acceptors (Lipinski definition) is 1. The quantitative estimate of drug-likeness (QED) is 0.420. The molecule has 2 nitrogen and oxygen atoms in total. The van der Waals surface area contributed by atoms with Crippen molar-refractivity contribution < 1.29 is 4.79 Å². The van der Waals surface area contributed by atoms with Crippen LogP contribution < -0.4 is 5.32 Å². The number of alkyl halides is 1. The second-order valence-electron chi connectivity index (χ2n) is 5.74. The van der Waals surface area contributed by atoms with Crippen LogP contribution in [0.15, 0.2) is 0 Å². The highest BCUT2D eigenvalue weighted by Gasteiger charge is 2.40. The van der Waals surface area contributed by atoms with E-state index >= 15 is 0 Å². The first kappa shape index (κ1) is 15.3. The molecule has 0 bridgehead atoms. The Morgan fingerprint density at radius 3 is 2.47 bits per heavy atom. The van der Waals surface area contributed by atoms with Gasteiger partial charge in [-0.3, -0.25) is 4.79 Å². The Labute approximate surface area is 119 Å². The van der Waals surface area contributed by atoms with Crippen molar-refractivity contribution in [1.82, 2.24) is 5.32 Å². The van der Waals surface area contributed by atoms with Crippen molar-refractivity contribution in [3.8, 4) is 0 Å². The lowest BCUT2D eigenvalue weighted by Crippen LogP contribution is -2.40. The van der Waals surface area contributed by atoms with Gasteiger partial charge < -0.3 is 5.32 Å². The van der Waals surface area contributed by atoms with E-state index in [1.165, 1.54) is 23.7 Å². The fourth-order valence-corrected chi connectivity index (χ4v) is 3.51. The number of rotatable bonds is 7. The first-order chi connectivity index (χ1) is 8.10. The van der Waals surface area contributed by atoms with Gasteiger partial charge >= 0.3 is 0 Å². The minimum absolute atomic E-state index is 0.0293. The molecule has 1 aliphatic carbocycles. The number of unbranched alkanes of at least 4 members (excludes halogenated alkanes) is 1. The normalized spacial score (nSPS) is 18.6. The fourth-order valence-electron chi connectivity index (χ4n) is 2.97. The summed E-state index contributed by atoms with van der Waals surface area (Å²) < 4.78 is 1.19. The summed E-state index contributed by atoms with van der Waals surface area (Å²) in [5.74, 6) is 0.949. The molecule has 0 saturated heterocycles. The zero-order valence-electron chi connectivity index (χ0n) is 11.2. The summed E-state index contributed by atoms with van der Waals surface area (Å²) >= 11 is 2.39. The second-order valence-corrected chi connectivity index (χ2v) is 6.82. The van der Waals surface area contributed by atoms with E-state index in [9.17, 15) is 4.79 Å². The Hall–Kier alpha value is 0.200. The number of halogens is 1. The summed E-state index contributed by atoms with van der Waals surface area (Å²) in [6.07, 6.45) is 8.05. The summed E-state index contributed by atoms with van der Waals surface area (Å²) in [6.45, 7) is 5.31. The van der Waals surface area contributed by atoms with E-state index in [-0.39, 0.29) is 5.41 Å². The highest BCUT2D eigenvalue weighted by Crippen LogP contribution is 2.43. The van der Waals surface area contributed by atoms with Crippen LogP contribution in [0.3, 0.4) is 0 Å². The van der Waals surface area contributed by atoms with Crippen molar-refractivity contribution >= 4 is 28.5 Å². The van der Waals surface area contributed by atoms with Crippen LogP contribution in [0.25, 0.3) is 0 Å². The van der Waals surface area contributed by atoms with E-state index in [1.807, 2.05) is 0 Å². The van der Waals surface area contributed by atoms with Gasteiger partial charge in [0.25, 0.3) is 0 Å². The van der Waals surface area contributed by atoms with Crippen LogP contribution in [0.5, 0.6) is 0 Å². The summed E-state index contributed by atoms with van der Waals surface area (Å²) in [6, 6.07) is 0. The maximum Gasteiger partial charge on any atom is 0.226 e. The minimum Gasteiger partial charge on any atom is -0.356 e. The summed E-state index contributed by atoms with van der Waals surface area (Å²) in [4.78, 5) is 12.4. The highest BCUT2D eigenvalue weighted by molar-refractivity contribution is 14.1. The zero-order chi connectivity index (χ0) is 12.7. The molecular weight excluding hydrogens is 325 g/mol. The van der Waals surface area contributed by atoms with Crippen LogP contribution in [0.1, 0.15) is 58.8 Å². The molecule has 1 saturated carbocycles. The molecule has 1 fully saturated rings. The molecule has 1 amide bonds. The van der Waals surface area contributed by atoms with Crippen molar-refractivity contribution in [3.05, 3.63) is 0 Å². The number of hydrogen-bond donors (Lipinski definition) is 1. The molecule has 0 aromatic heterocycles. The molecule has 3 heteroatoms. The van der Waals surface area contributed by atoms with E-state index in [4.69, 9.17) is 0 Å². The Balaban J connectivity index is 2.43. The average Bonchev–Trinajstić information content (AvgIpc) is 2.73. The van der Waals surface area contributed by atoms with Gasteiger partial charge in [0, 0.05) is 12.0 Å². The van der Waals surface area contributed by atoms with Crippen LogP contribution in [-0.2, 0) is 4.79 Å². The lowest BCUT2D eigenvalue weighted by atomic mass is 9.77. The molecule has 0 aromatic rings. The molecule has 0 atom stereocenters. The van der Waals surface area contributed by atoms with Crippen molar-refractivity contribution in [3.63, 3.8) is 0 Å². The minimum atomic E-state index is -0.0293. The highest BCUT2D eigenvalue weighted by atomic mass is 127. The Kier molecular flexibility index (Phi) is 6.82. The molecular formula is C14H26INO. The van der Waals surface area contributed by atoms with E-state index in [2.05, 4.69) is 41.8 Å². The van der Waals surface area contributed by atoms with Gasteiger partial charge in [0.15, 0.2) is 0 Å². The number of amides is 1. The van der Waals surface area contributed by atoms with Gasteiger partial charge in [-0.1, -0.05) is 49.3 Å². The van der Waals surface area contributed by atoms with Gasteiger partial charge in [-0.25, -0.2) is 0 Å². The molecule has 0 radical (unpaired) electrons. The maximum absolute atomic E-state index is 12.4. The first-order valence-electron chi connectivity index (χ1n) is 6.95. The summed E-state index contributed by atoms with van der Waals surface area (Å²) in [7, 11) is 0. The van der Waals surface area contributed by atoms with E-state index in [1.54, 1.807) is 0 Å². The molecule has 1 aliphatic rings. The third-order valence-electron chi connectivity index (χ3n) is 3.69. The number of carbonyl (C=O) groups is 1. The smallest absolute Gasteiger partial charge is 0.226 e. The van der Waals surface area contributed by atoms with Crippen molar-refractivity contribution in [2.24, 2.45) is 11.3 Å². The average molecular weight is 351 g/mol. The third kappa shape index (κ3) is 4.76. The van der Waals surface area contributed by atoms with E-state index in [0.29, 0.717) is 11.8 Å². The molecule has 0 unspecified atom stereocenters. The number of nitrogens with one attached hydrogen (secondary N) is 1. The van der Waals surface area contributed by atoms with Gasteiger partial charge in [0.05, 0.1) is 0 Å². The Morgan fingerprint density at radius 1 is 1.29 bits per heavy atom. The largest absolute Gasteiger partial charge is 0.356 e. The van der Waals surface area contributed by atoms with Gasteiger partial charge in [0.1, 0.15) is 0 Å². The van der Waals surface area contributed by atoms with Crippen molar-refractivity contribution in [1.29, 1.82) is 0 Å². The van der Waals surface area contributed by atoms with Crippen molar-refractivity contribution in [2.75, 3.05) is 11.0 Å². The lowest BCUT2D eigenvalue weighted by molar-refractivity contribution is -0.131. The van der Waals surface area contributed by atoms with Crippen LogP contribution >= 0.6 is 22.6 Å². The third-order valence-corrected chi connectivity index (χ3v) is 4.45. The zero-order valence-corrected chi connectivity index (χ0v) is 13.4. The van der Waals surface area contributed by atoms with Crippen LogP contribution in [-0.4, -0.2) is 16.9 Å². The first-order valence-corrected chi connectivity index (χ1v) is 8.47. The molecule has 1 rings (SSSR count). The standard InChI is InChI=1S/C14H26INO/c1-12(2)11-14(7-3-4-8-14)13(17)16-10-6-5-9-15/h12H,3-11H2,1-2H3,(H,16,17). The molecule has 17 heavy (non-hydrogen) atoms. The summed E-state index contributed by atoms with van der Waals surface area (Å²) in [5, 5.41) is 3.16. The van der Waals surface area contributed by atoms with Gasteiger partial charge in [-0.05, 0) is 42.4 Å². The Bertz CT molecular complexity index is 234. The Morgan fingerprint density at radius 2 is 1.94 bits per heavy atom. The number of carbonyl (C=O) groups excluding carboxylic acids is 1. The molecule has 0 spiro atoms. The predicted octanol–water partition coefficient (Wildman–Crippen LogP) is 3.92. The fraction of sp³-hybridized carbons (Fsp3) is 0.929. The van der Waals surface area contributed by atoms with Crippen LogP contribution in [0, 0.1) is 11.3 Å².